The first kappa shape index (κ1) is 17.9. The van der Waals surface area contributed by atoms with Crippen LogP contribution in [-0.2, 0) is 23.0 Å². The average molecular weight is 348 g/mol. The number of ether oxygens (including phenoxy) is 1. The molecule has 2 bridgehead atoms. The number of aryl methyl sites for hydroxylation is 2. The summed E-state index contributed by atoms with van der Waals surface area (Å²) in [5, 5.41) is 4.44. The van der Waals surface area contributed by atoms with Crippen molar-refractivity contribution in [3.63, 3.8) is 0 Å². The fourth-order valence-electron chi connectivity index (χ4n) is 3.96. The predicted molar refractivity (Wildman–Crippen MR) is 93.2 cm³/mol. The lowest BCUT2D eigenvalue weighted by Gasteiger charge is -2.35. The molecule has 7 nitrogen and oxygen atoms in total. The van der Waals surface area contributed by atoms with Gasteiger partial charge in [-0.25, -0.2) is 0 Å². The molecule has 0 aromatic carbocycles. The van der Waals surface area contributed by atoms with Crippen molar-refractivity contribution >= 4 is 11.8 Å². The Morgan fingerprint density at radius 2 is 2.16 bits per heavy atom. The van der Waals surface area contributed by atoms with Gasteiger partial charge in [0.25, 0.3) is 5.91 Å². The number of piperidine rings is 1. The lowest BCUT2D eigenvalue weighted by Crippen LogP contribution is -2.49. The third-order valence-corrected chi connectivity index (χ3v) is 5.27. The fraction of sp³-hybridized carbons (Fsp3) is 0.722. The molecule has 4 heterocycles. The molecule has 2 amide bonds. The SMILES string of the molecule is CCCc1cc(C(=O)N2C[C@@H]3CC[C@H](C2)N(CCOC)C3=O)n(C)n1. The normalized spacial score (nSPS) is 23.2. The van der Waals surface area contributed by atoms with Gasteiger partial charge in [-0.2, -0.15) is 5.10 Å². The zero-order valence-electron chi connectivity index (χ0n) is 15.4. The number of carbonyl (C=O) groups excluding carboxylic acids is 2. The Kier molecular flexibility index (Phi) is 5.42. The van der Waals surface area contributed by atoms with E-state index in [9.17, 15) is 9.59 Å². The summed E-state index contributed by atoms with van der Waals surface area (Å²) in [6.07, 6.45) is 3.69. The van der Waals surface area contributed by atoms with Crippen LogP contribution in [0.1, 0.15) is 42.4 Å². The second-order valence-electron chi connectivity index (χ2n) is 7.06. The van der Waals surface area contributed by atoms with E-state index in [1.165, 1.54) is 0 Å². The summed E-state index contributed by atoms with van der Waals surface area (Å²) in [6.45, 7) is 4.34. The van der Waals surface area contributed by atoms with Crippen LogP contribution in [0.4, 0.5) is 0 Å². The molecular formula is C18H28N4O3. The minimum absolute atomic E-state index is 0.0179. The molecule has 3 aliphatic heterocycles. The van der Waals surface area contributed by atoms with Gasteiger partial charge in [0, 0.05) is 39.8 Å². The highest BCUT2D eigenvalue weighted by Gasteiger charge is 2.42. The number of nitrogens with zero attached hydrogens (tertiary/aromatic N) is 4. The van der Waals surface area contributed by atoms with Gasteiger partial charge in [-0.3, -0.25) is 14.3 Å². The van der Waals surface area contributed by atoms with Gasteiger partial charge in [0.15, 0.2) is 0 Å². The minimum Gasteiger partial charge on any atom is -0.383 e. The molecule has 138 valence electrons. The van der Waals surface area contributed by atoms with Crippen LogP contribution in [0, 0.1) is 5.92 Å². The summed E-state index contributed by atoms with van der Waals surface area (Å²) in [6, 6.07) is 1.98. The van der Waals surface area contributed by atoms with E-state index in [0.29, 0.717) is 31.9 Å². The van der Waals surface area contributed by atoms with Gasteiger partial charge >= 0.3 is 0 Å². The van der Waals surface area contributed by atoms with Crippen molar-refractivity contribution in [3.8, 4) is 0 Å². The molecule has 0 spiro atoms. The lowest BCUT2D eigenvalue weighted by atomic mass is 9.94. The number of hydrogen-bond donors (Lipinski definition) is 0. The first-order chi connectivity index (χ1) is 12.0. The van der Waals surface area contributed by atoms with Gasteiger partial charge in [0.1, 0.15) is 5.69 Å². The van der Waals surface area contributed by atoms with Crippen LogP contribution in [-0.4, -0.2) is 70.8 Å². The lowest BCUT2D eigenvalue weighted by molar-refractivity contribution is -0.140. The first-order valence-electron chi connectivity index (χ1n) is 9.16. The van der Waals surface area contributed by atoms with Crippen LogP contribution < -0.4 is 0 Å². The number of amides is 2. The van der Waals surface area contributed by atoms with Crippen LogP contribution >= 0.6 is 0 Å². The summed E-state index contributed by atoms with van der Waals surface area (Å²) in [5.41, 5.74) is 1.56. The second kappa shape index (κ2) is 7.56. The molecule has 3 aliphatic rings. The Labute approximate surface area is 148 Å². The van der Waals surface area contributed by atoms with Crippen LogP contribution in [0.5, 0.6) is 0 Å². The molecule has 2 atom stereocenters. The molecule has 4 rings (SSSR count). The maximum absolute atomic E-state index is 13.0. The maximum atomic E-state index is 13.0. The minimum atomic E-state index is -0.0945. The van der Waals surface area contributed by atoms with Gasteiger partial charge in [-0.1, -0.05) is 13.3 Å². The number of aromatic nitrogens is 2. The van der Waals surface area contributed by atoms with E-state index in [-0.39, 0.29) is 23.8 Å². The zero-order valence-corrected chi connectivity index (χ0v) is 15.4. The van der Waals surface area contributed by atoms with E-state index < -0.39 is 0 Å². The highest BCUT2D eigenvalue weighted by Crippen LogP contribution is 2.29. The second-order valence-corrected chi connectivity index (χ2v) is 7.06. The summed E-state index contributed by atoms with van der Waals surface area (Å²) in [4.78, 5) is 29.5. The molecule has 1 aromatic heterocycles. The maximum Gasteiger partial charge on any atom is 0.272 e. The Morgan fingerprint density at radius 1 is 1.36 bits per heavy atom. The van der Waals surface area contributed by atoms with Crippen molar-refractivity contribution < 1.29 is 14.3 Å². The predicted octanol–water partition coefficient (Wildman–Crippen LogP) is 1.08. The quantitative estimate of drug-likeness (QED) is 0.772. The van der Waals surface area contributed by atoms with Crippen LogP contribution in [0.25, 0.3) is 0 Å². The number of carbonyl (C=O) groups is 2. The summed E-state index contributed by atoms with van der Waals surface area (Å²) >= 11 is 0. The zero-order chi connectivity index (χ0) is 18.0. The molecular weight excluding hydrogens is 320 g/mol. The Balaban J connectivity index is 1.77. The summed E-state index contributed by atoms with van der Waals surface area (Å²) in [5.74, 6) is 0.0545. The smallest absolute Gasteiger partial charge is 0.272 e. The Morgan fingerprint density at radius 3 is 2.88 bits per heavy atom. The van der Waals surface area contributed by atoms with Gasteiger partial charge in [-0.15, -0.1) is 0 Å². The third-order valence-electron chi connectivity index (χ3n) is 5.27. The molecule has 0 N–H and O–H groups in total. The van der Waals surface area contributed by atoms with E-state index in [1.54, 1.807) is 11.8 Å². The van der Waals surface area contributed by atoms with E-state index >= 15 is 0 Å². The van der Waals surface area contributed by atoms with Gasteiger partial charge in [-0.05, 0) is 25.3 Å². The topological polar surface area (TPSA) is 67.7 Å². The summed E-state index contributed by atoms with van der Waals surface area (Å²) < 4.78 is 6.81. The van der Waals surface area contributed by atoms with Crippen molar-refractivity contribution in [2.75, 3.05) is 33.4 Å². The van der Waals surface area contributed by atoms with Crippen LogP contribution in [0.3, 0.4) is 0 Å². The highest BCUT2D eigenvalue weighted by molar-refractivity contribution is 5.93. The number of methoxy groups -OCH3 is 1. The van der Waals surface area contributed by atoms with Crippen LogP contribution in [0.15, 0.2) is 6.07 Å². The Hall–Kier alpha value is -1.89. The van der Waals surface area contributed by atoms with E-state index in [0.717, 1.165) is 31.4 Å². The van der Waals surface area contributed by atoms with Gasteiger partial charge in [0.2, 0.25) is 5.91 Å². The number of hydrogen-bond acceptors (Lipinski definition) is 4. The average Bonchev–Trinajstić information content (AvgIpc) is 2.77. The molecule has 0 unspecified atom stereocenters. The standard InChI is InChI=1S/C18H28N4O3/c1-4-5-14-10-16(20(2)19-14)18(24)21-11-13-6-7-15(12-21)22(17(13)23)8-9-25-3/h10,13,15H,4-9,11-12H2,1-3H3/t13-,15+/m0/s1. The van der Waals surface area contributed by atoms with E-state index in [4.69, 9.17) is 4.74 Å². The molecule has 25 heavy (non-hydrogen) atoms. The van der Waals surface area contributed by atoms with E-state index in [2.05, 4.69) is 12.0 Å². The summed E-state index contributed by atoms with van der Waals surface area (Å²) in [7, 11) is 3.46. The highest BCUT2D eigenvalue weighted by atomic mass is 16.5. The monoisotopic (exact) mass is 348 g/mol. The third kappa shape index (κ3) is 3.56. The first-order valence-corrected chi connectivity index (χ1v) is 9.16. The molecule has 0 saturated carbocycles. The van der Waals surface area contributed by atoms with Crippen molar-refractivity contribution in [2.24, 2.45) is 13.0 Å². The molecule has 0 radical (unpaired) electrons. The Bertz CT molecular complexity index is 642. The largest absolute Gasteiger partial charge is 0.383 e. The van der Waals surface area contributed by atoms with Crippen LogP contribution in [0.2, 0.25) is 0 Å². The van der Waals surface area contributed by atoms with Crippen molar-refractivity contribution in [2.45, 2.75) is 38.6 Å². The van der Waals surface area contributed by atoms with Gasteiger partial charge < -0.3 is 14.5 Å². The number of fused-ring (bicyclic) bond motifs is 4. The van der Waals surface area contributed by atoms with Crippen molar-refractivity contribution in [1.82, 2.24) is 19.6 Å². The fourth-order valence-corrected chi connectivity index (χ4v) is 3.96. The molecule has 3 saturated heterocycles. The van der Waals surface area contributed by atoms with E-state index in [1.807, 2.05) is 22.9 Å². The molecule has 0 aliphatic carbocycles. The van der Waals surface area contributed by atoms with Crippen molar-refractivity contribution in [1.29, 1.82) is 0 Å². The van der Waals surface area contributed by atoms with Gasteiger partial charge in [0.05, 0.1) is 18.2 Å². The molecule has 3 fully saturated rings. The molecule has 1 aromatic rings. The number of rotatable bonds is 6. The molecule has 7 heteroatoms. The van der Waals surface area contributed by atoms with Crippen molar-refractivity contribution in [3.05, 3.63) is 17.5 Å².